The first-order valence-electron chi connectivity index (χ1n) is 10.2. The van der Waals surface area contributed by atoms with E-state index in [0.717, 1.165) is 0 Å². The Bertz CT molecular complexity index is 1320. The zero-order valence-electron chi connectivity index (χ0n) is 17.6. The Morgan fingerprint density at radius 3 is 2.38 bits per heavy atom. The van der Waals surface area contributed by atoms with Crippen LogP contribution in [0.3, 0.4) is 0 Å². The maximum Gasteiger partial charge on any atom is 0.335 e. The summed E-state index contributed by atoms with van der Waals surface area (Å²) in [6.07, 6.45) is 0. The molecule has 0 aliphatic carbocycles. The second-order valence-corrected chi connectivity index (χ2v) is 8.01. The highest BCUT2D eigenvalue weighted by Crippen LogP contribution is 2.32. The highest BCUT2D eigenvalue weighted by molar-refractivity contribution is 6.35. The van der Waals surface area contributed by atoms with Crippen molar-refractivity contribution in [1.82, 2.24) is 10.5 Å². The Morgan fingerprint density at radius 1 is 0.971 bits per heavy atom. The van der Waals surface area contributed by atoms with Gasteiger partial charge in [-0.2, -0.15) is 0 Å². The smallest absolute Gasteiger partial charge is 0.335 e. The fourth-order valence-corrected chi connectivity index (χ4v) is 3.72. The number of ether oxygens (including phenoxy) is 1. The third-order valence-electron chi connectivity index (χ3n) is 4.90. The number of carboxylic acids is 1. The van der Waals surface area contributed by atoms with E-state index in [-0.39, 0.29) is 24.3 Å². The second kappa shape index (κ2) is 10.4. The van der Waals surface area contributed by atoms with E-state index < -0.39 is 11.9 Å². The molecule has 172 valence electrons. The first-order chi connectivity index (χ1) is 16.4. The van der Waals surface area contributed by atoms with E-state index in [9.17, 15) is 9.59 Å². The molecule has 0 saturated heterocycles. The lowest BCUT2D eigenvalue weighted by atomic mass is 10.0. The third-order valence-corrected chi connectivity index (χ3v) is 5.43. The predicted molar refractivity (Wildman–Crippen MR) is 129 cm³/mol. The number of hydrogen-bond donors (Lipinski definition) is 2. The van der Waals surface area contributed by atoms with Gasteiger partial charge in [0.15, 0.2) is 5.76 Å². The van der Waals surface area contributed by atoms with Crippen LogP contribution in [0.1, 0.15) is 20.7 Å². The third kappa shape index (κ3) is 5.22. The van der Waals surface area contributed by atoms with E-state index in [1.54, 1.807) is 42.5 Å². The van der Waals surface area contributed by atoms with Crippen LogP contribution in [0.15, 0.2) is 77.3 Å². The van der Waals surface area contributed by atoms with Crippen LogP contribution in [0.25, 0.3) is 22.6 Å². The first-order valence-corrected chi connectivity index (χ1v) is 10.9. The number of aromatic nitrogens is 1. The topological polar surface area (TPSA) is 102 Å². The largest absolute Gasteiger partial charge is 0.490 e. The van der Waals surface area contributed by atoms with Crippen LogP contribution in [-0.4, -0.2) is 35.3 Å². The molecule has 3 aromatic carbocycles. The number of aromatic carboxylic acids is 1. The molecule has 0 radical (unpaired) electrons. The monoisotopic (exact) mass is 496 g/mol. The van der Waals surface area contributed by atoms with Gasteiger partial charge in [-0.1, -0.05) is 70.8 Å². The minimum atomic E-state index is -1.05. The zero-order valence-corrected chi connectivity index (χ0v) is 19.1. The molecule has 2 N–H and O–H groups in total. The van der Waals surface area contributed by atoms with Crippen LogP contribution in [-0.2, 0) is 0 Å². The molecule has 0 atom stereocenters. The number of carbonyl (C=O) groups is 2. The number of carboxylic acid groups (broad SMARTS) is 1. The number of benzene rings is 3. The minimum Gasteiger partial charge on any atom is -0.490 e. The first kappa shape index (κ1) is 23.4. The summed E-state index contributed by atoms with van der Waals surface area (Å²) in [5.74, 6) is -0.704. The van der Waals surface area contributed by atoms with E-state index in [1.807, 2.05) is 18.2 Å². The predicted octanol–water partition coefficient (Wildman–Crippen LogP) is 5.82. The Balaban J connectivity index is 1.56. The van der Waals surface area contributed by atoms with Crippen molar-refractivity contribution in [3.63, 3.8) is 0 Å². The van der Waals surface area contributed by atoms with Crippen molar-refractivity contribution in [3.8, 4) is 28.3 Å². The molecule has 4 rings (SSSR count). The van der Waals surface area contributed by atoms with E-state index in [0.29, 0.717) is 38.4 Å². The molecule has 0 bridgehead atoms. The molecule has 4 aromatic rings. The van der Waals surface area contributed by atoms with Crippen LogP contribution >= 0.6 is 23.2 Å². The number of halogens is 2. The van der Waals surface area contributed by atoms with Crippen molar-refractivity contribution >= 4 is 35.1 Å². The lowest BCUT2D eigenvalue weighted by molar-refractivity contribution is 0.0696. The number of amides is 1. The van der Waals surface area contributed by atoms with E-state index in [1.165, 1.54) is 12.1 Å². The van der Waals surface area contributed by atoms with E-state index in [2.05, 4.69) is 10.5 Å². The van der Waals surface area contributed by atoms with Gasteiger partial charge in [0.25, 0.3) is 5.91 Å². The summed E-state index contributed by atoms with van der Waals surface area (Å²) in [5, 5.41) is 16.9. The summed E-state index contributed by atoms with van der Waals surface area (Å²) in [6.45, 7) is 0.357. The van der Waals surface area contributed by atoms with Crippen molar-refractivity contribution in [2.75, 3.05) is 13.2 Å². The van der Waals surface area contributed by atoms with Crippen LogP contribution < -0.4 is 10.1 Å². The fraction of sp³-hybridized carbons (Fsp3) is 0.0800. The number of rotatable bonds is 8. The van der Waals surface area contributed by atoms with Crippen molar-refractivity contribution in [2.24, 2.45) is 0 Å². The molecule has 1 heterocycles. The van der Waals surface area contributed by atoms with Gasteiger partial charge >= 0.3 is 5.97 Å². The number of carbonyl (C=O) groups excluding carboxylic acids is 1. The molecule has 0 spiro atoms. The molecular formula is C25H18Cl2N2O5. The molecule has 0 aliphatic rings. The Morgan fingerprint density at radius 2 is 1.71 bits per heavy atom. The summed E-state index contributed by atoms with van der Waals surface area (Å²) in [7, 11) is 0. The van der Waals surface area contributed by atoms with Gasteiger partial charge in [0, 0.05) is 16.1 Å². The Kier molecular flexibility index (Phi) is 7.15. The zero-order chi connectivity index (χ0) is 24.1. The van der Waals surface area contributed by atoms with Gasteiger partial charge in [-0.05, 0) is 30.3 Å². The minimum absolute atomic E-state index is 0.125. The van der Waals surface area contributed by atoms with E-state index in [4.69, 9.17) is 37.6 Å². The molecule has 34 heavy (non-hydrogen) atoms. The molecule has 7 nitrogen and oxygen atoms in total. The van der Waals surface area contributed by atoms with Crippen molar-refractivity contribution in [2.45, 2.75) is 0 Å². The molecule has 1 amide bonds. The van der Waals surface area contributed by atoms with E-state index >= 15 is 0 Å². The summed E-state index contributed by atoms with van der Waals surface area (Å²) in [4.78, 5) is 24.4. The lowest BCUT2D eigenvalue weighted by Gasteiger charge is -2.10. The van der Waals surface area contributed by atoms with Crippen LogP contribution in [0.5, 0.6) is 5.75 Å². The molecule has 9 heteroatoms. The van der Waals surface area contributed by atoms with Gasteiger partial charge in [0.05, 0.1) is 17.1 Å². The van der Waals surface area contributed by atoms with Gasteiger partial charge in [0.1, 0.15) is 23.6 Å². The van der Waals surface area contributed by atoms with Crippen molar-refractivity contribution in [3.05, 3.63) is 94.0 Å². The highest BCUT2D eigenvalue weighted by atomic mass is 35.5. The summed E-state index contributed by atoms with van der Waals surface area (Å²) >= 11 is 12.0. The van der Waals surface area contributed by atoms with Gasteiger partial charge in [-0.25, -0.2) is 4.79 Å². The summed E-state index contributed by atoms with van der Waals surface area (Å²) < 4.78 is 11.2. The summed E-state index contributed by atoms with van der Waals surface area (Å²) in [6, 6.07) is 20.0. The number of nitrogens with zero attached hydrogens (tertiary/aromatic N) is 1. The molecule has 0 saturated carbocycles. The molecule has 0 aliphatic heterocycles. The standard InChI is InChI=1S/C25H18Cl2N2O5/c26-18-10-11-20(19(27)14-18)33-13-12-28-24(30)21-22(15-6-8-17(9-7-15)25(31)32)29-34-23(21)16-4-2-1-3-5-16/h1-11,14H,12-13H2,(H,28,30)(H,31,32). The highest BCUT2D eigenvalue weighted by Gasteiger charge is 2.25. The van der Waals surface area contributed by atoms with Gasteiger partial charge in [0.2, 0.25) is 0 Å². The average molecular weight is 497 g/mol. The lowest BCUT2D eigenvalue weighted by Crippen LogP contribution is -2.28. The second-order valence-electron chi connectivity index (χ2n) is 7.16. The van der Waals surface area contributed by atoms with Crippen LogP contribution in [0, 0.1) is 0 Å². The number of hydrogen-bond acceptors (Lipinski definition) is 5. The van der Waals surface area contributed by atoms with Gasteiger partial charge in [-0.3, -0.25) is 4.79 Å². The Hall–Kier alpha value is -3.81. The fourth-order valence-electron chi connectivity index (χ4n) is 3.26. The number of nitrogens with one attached hydrogen (secondary N) is 1. The molecular weight excluding hydrogens is 479 g/mol. The van der Waals surface area contributed by atoms with Crippen molar-refractivity contribution in [1.29, 1.82) is 0 Å². The SMILES string of the molecule is O=C(O)c1ccc(-c2noc(-c3ccccc3)c2C(=O)NCCOc2ccc(Cl)cc2Cl)cc1. The average Bonchev–Trinajstić information content (AvgIpc) is 3.29. The van der Waals surface area contributed by atoms with Gasteiger partial charge < -0.3 is 19.7 Å². The molecule has 0 unspecified atom stereocenters. The Labute approximate surface area is 204 Å². The maximum absolute atomic E-state index is 13.2. The maximum atomic E-state index is 13.2. The van der Waals surface area contributed by atoms with Gasteiger partial charge in [-0.15, -0.1) is 0 Å². The van der Waals surface area contributed by atoms with Crippen LogP contribution in [0.2, 0.25) is 10.0 Å². The molecule has 0 fully saturated rings. The normalized spacial score (nSPS) is 10.6. The quantitative estimate of drug-likeness (QED) is 0.298. The van der Waals surface area contributed by atoms with Crippen molar-refractivity contribution < 1.29 is 24.0 Å². The molecule has 1 aromatic heterocycles. The summed E-state index contributed by atoms with van der Waals surface area (Å²) in [5.41, 5.74) is 1.89. The van der Waals surface area contributed by atoms with Crippen LogP contribution in [0.4, 0.5) is 0 Å².